The summed E-state index contributed by atoms with van der Waals surface area (Å²) in [5.41, 5.74) is 0.648. The molecule has 148 valence electrons. The Morgan fingerprint density at radius 1 is 1.07 bits per heavy atom. The molecule has 2 fully saturated rings. The number of nitrogens with zero attached hydrogens (tertiary/aromatic N) is 3. The summed E-state index contributed by atoms with van der Waals surface area (Å²) in [5, 5.41) is 3.08. The number of piperazine rings is 1. The smallest absolute Gasteiger partial charge is 0.317 e. The molecule has 1 aromatic carbocycles. The number of carbonyl (C=O) groups is 2. The first-order chi connectivity index (χ1) is 13.1. The molecular weight excluding hydrogens is 344 g/mol. The molecule has 3 rings (SSSR count). The Balaban J connectivity index is 1.45. The zero-order valence-electron chi connectivity index (χ0n) is 16.3. The fraction of sp³-hybridized carbons (Fsp3) is 0.600. The minimum Gasteiger partial charge on any atom is -0.497 e. The monoisotopic (exact) mass is 374 g/mol. The average Bonchev–Trinajstić information content (AvgIpc) is 3.19. The fourth-order valence-corrected chi connectivity index (χ4v) is 3.89. The van der Waals surface area contributed by atoms with Crippen molar-refractivity contribution in [3.63, 3.8) is 0 Å². The van der Waals surface area contributed by atoms with E-state index in [1.165, 1.54) is 6.42 Å². The van der Waals surface area contributed by atoms with E-state index < -0.39 is 0 Å². The summed E-state index contributed by atoms with van der Waals surface area (Å²) in [4.78, 5) is 31.1. The maximum Gasteiger partial charge on any atom is 0.317 e. The number of likely N-dealkylation sites (N-methyl/N-ethyl adjacent to an activating group) is 1. The molecule has 1 atom stereocenters. The zero-order valence-corrected chi connectivity index (χ0v) is 16.3. The van der Waals surface area contributed by atoms with Crippen LogP contribution in [0, 0.1) is 0 Å². The molecule has 1 unspecified atom stereocenters. The number of amides is 3. The van der Waals surface area contributed by atoms with E-state index >= 15 is 0 Å². The molecule has 7 nitrogen and oxygen atoms in total. The Morgan fingerprint density at radius 3 is 2.37 bits per heavy atom. The van der Waals surface area contributed by atoms with E-state index in [2.05, 4.69) is 17.1 Å². The fourth-order valence-electron chi connectivity index (χ4n) is 3.89. The summed E-state index contributed by atoms with van der Waals surface area (Å²) in [6.07, 6.45) is 2.36. The number of urea groups is 1. The van der Waals surface area contributed by atoms with E-state index in [0.29, 0.717) is 44.3 Å². The Morgan fingerprint density at radius 2 is 1.74 bits per heavy atom. The van der Waals surface area contributed by atoms with Crippen LogP contribution in [0.25, 0.3) is 0 Å². The molecule has 7 heteroatoms. The predicted molar refractivity (Wildman–Crippen MR) is 104 cm³/mol. The first-order valence-corrected chi connectivity index (χ1v) is 9.82. The Kier molecular flexibility index (Phi) is 6.55. The van der Waals surface area contributed by atoms with Gasteiger partial charge in [-0.05, 0) is 50.2 Å². The van der Waals surface area contributed by atoms with Gasteiger partial charge >= 0.3 is 6.03 Å². The summed E-state index contributed by atoms with van der Waals surface area (Å²) >= 11 is 0. The van der Waals surface area contributed by atoms with Crippen LogP contribution in [0.15, 0.2) is 24.3 Å². The molecule has 0 spiro atoms. The molecule has 3 amide bonds. The quantitative estimate of drug-likeness (QED) is 0.851. The van der Waals surface area contributed by atoms with E-state index in [1.807, 2.05) is 4.90 Å². The van der Waals surface area contributed by atoms with E-state index in [1.54, 1.807) is 36.3 Å². The van der Waals surface area contributed by atoms with E-state index in [0.717, 1.165) is 25.3 Å². The molecule has 0 aromatic heterocycles. The molecule has 2 aliphatic rings. The molecule has 2 saturated heterocycles. The first-order valence-electron chi connectivity index (χ1n) is 9.82. The van der Waals surface area contributed by atoms with Gasteiger partial charge in [0, 0.05) is 44.3 Å². The van der Waals surface area contributed by atoms with Crippen molar-refractivity contribution in [2.75, 3.05) is 52.9 Å². The van der Waals surface area contributed by atoms with Crippen LogP contribution >= 0.6 is 0 Å². The van der Waals surface area contributed by atoms with Gasteiger partial charge in [0.15, 0.2) is 0 Å². The van der Waals surface area contributed by atoms with Gasteiger partial charge in [-0.25, -0.2) is 4.79 Å². The molecule has 1 N–H and O–H groups in total. The van der Waals surface area contributed by atoms with Crippen LogP contribution in [-0.4, -0.2) is 85.6 Å². The lowest BCUT2D eigenvalue weighted by atomic mass is 10.1. The molecule has 1 aromatic rings. The van der Waals surface area contributed by atoms with E-state index in [9.17, 15) is 9.59 Å². The van der Waals surface area contributed by atoms with Crippen molar-refractivity contribution < 1.29 is 14.3 Å². The highest BCUT2D eigenvalue weighted by Crippen LogP contribution is 2.16. The second kappa shape index (κ2) is 9.08. The lowest BCUT2D eigenvalue weighted by Crippen LogP contribution is -2.54. The second-order valence-electron chi connectivity index (χ2n) is 7.12. The standard InChI is InChI=1S/C20H30N4O3/c1-3-22-10-4-5-17(22)15-21-20(26)24-13-11-23(12-14-24)19(25)16-6-8-18(27-2)9-7-16/h6-9,17H,3-5,10-15H2,1-2H3,(H,21,26). The molecule has 2 heterocycles. The van der Waals surface area contributed by atoms with Gasteiger partial charge in [0.25, 0.3) is 5.91 Å². The zero-order chi connectivity index (χ0) is 19.2. The van der Waals surface area contributed by atoms with Gasteiger partial charge in [0.05, 0.1) is 7.11 Å². The van der Waals surface area contributed by atoms with E-state index in [-0.39, 0.29) is 11.9 Å². The highest BCUT2D eigenvalue weighted by atomic mass is 16.5. The molecule has 0 saturated carbocycles. The average molecular weight is 374 g/mol. The lowest BCUT2D eigenvalue weighted by molar-refractivity contribution is 0.0664. The lowest BCUT2D eigenvalue weighted by Gasteiger charge is -2.35. The number of likely N-dealkylation sites (tertiary alicyclic amines) is 1. The van der Waals surface area contributed by atoms with Crippen molar-refractivity contribution in [2.24, 2.45) is 0 Å². The van der Waals surface area contributed by atoms with Crippen LogP contribution in [0.5, 0.6) is 5.75 Å². The van der Waals surface area contributed by atoms with Crippen molar-refractivity contribution in [2.45, 2.75) is 25.8 Å². The minimum absolute atomic E-state index is 0.00209. The highest BCUT2D eigenvalue weighted by molar-refractivity contribution is 5.94. The normalized spacial score (nSPS) is 20.6. The summed E-state index contributed by atoms with van der Waals surface area (Å²) in [5.74, 6) is 0.735. The number of hydrogen-bond acceptors (Lipinski definition) is 4. The van der Waals surface area contributed by atoms with Gasteiger partial charge in [0.1, 0.15) is 5.75 Å². The summed E-state index contributed by atoms with van der Waals surface area (Å²) < 4.78 is 5.13. The third-order valence-electron chi connectivity index (χ3n) is 5.59. The molecule has 0 radical (unpaired) electrons. The molecule has 0 aliphatic carbocycles. The van der Waals surface area contributed by atoms with Crippen LogP contribution in [0.1, 0.15) is 30.1 Å². The van der Waals surface area contributed by atoms with Crippen LogP contribution < -0.4 is 10.1 Å². The van der Waals surface area contributed by atoms with Gasteiger partial charge in [-0.15, -0.1) is 0 Å². The van der Waals surface area contributed by atoms with Crippen molar-refractivity contribution in [1.82, 2.24) is 20.0 Å². The summed E-state index contributed by atoms with van der Waals surface area (Å²) in [6, 6.07) is 7.58. The number of nitrogens with one attached hydrogen (secondary N) is 1. The molecule has 0 bridgehead atoms. The van der Waals surface area contributed by atoms with E-state index in [4.69, 9.17) is 4.74 Å². The van der Waals surface area contributed by atoms with Gasteiger partial charge in [-0.1, -0.05) is 6.92 Å². The van der Waals surface area contributed by atoms with Gasteiger partial charge in [-0.3, -0.25) is 9.69 Å². The van der Waals surface area contributed by atoms with Crippen LogP contribution in [0.2, 0.25) is 0 Å². The maximum atomic E-state index is 12.6. The number of hydrogen-bond donors (Lipinski definition) is 1. The van der Waals surface area contributed by atoms with Gasteiger partial charge in [0.2, 0.25) is 0 Å². The van der Waals surface area contributed by atoms with Crippen LogP contribution in [0.4, 0.5) is 4.79 Å². The maximum absolute atomic E-state index is 12.6. The number of ether oxygens (including phenoxy) is 1. The van der Waals surface area contributed by atoms with Crippen LogP contribution in [-0.2, 0) is 0 Å². The molecular formula is C20H30N4O3. The predicted octanol–water partition coefficient (Wildman–Crippen LogP) is 1.65. The Hall–Kier alpha value is -2.28. The van der Waals surface area contributed by atoms with Crippen LogP contribution in [0.3, 0.4) is 0 Å². The third-order valence-corrected chi connectivity index (χ3v) is 5.59. The molecule has 2 aliphatic heterocycles. The summed E-state index contributed by atoms with van der Waals surface area (Å²) in [7, 11) is 1.60. The number of carbonyl (C=O) groups excluding carboxylic acids is 2. The topological polar surface area (TPSA) is 65.1 Å². The van der Waals surface area contributed by atoms with Crippen molar-refractivity contribution in [1.29, 1.82) is 0 Å². The Bertz CT molecular complexity index is 641. The number of methoxy groups -OCH3 is 1. The van der Waals surface area contributed by atoms with Gasteiger partial charge in [-0.2, -0.15) is 0 Å². The van der Waals surface area contributed by atoms with Crippen molar-refractivity contribution in [3.8, 4) is 5.75 Å². The largest absolute Gasteiger partial charge is 0.497 e. The van der Waals surface area contributed by atoms with Crippen molar-refractivity contribution >= 4 is 11.9 Å². The van der Waals surface area contributed by atoms with Crippen molar-refractivity contribution in [3.05, 3.63) is 29.8 Å². The Labute approximate surface area is 161 Å². The number of rotatable bonds is 5. The SMILES string of the molecule is CCN1CCCC1CNC(=O)N1CCN(C(=O)c2ccc(OC)cc2)CC1. The highest BCUT2D eigenvalue weighted by Gasteiger charge is 2.27. The number of benzene rings is 1. The second-order valence-corrected chi connectivity index (χ2v) is 7.12. The minimum atomic E-state index is -0.0190. The van der Waals surface area contributed by atoms with Gasteiger partial charge < -0.3 is 19.9 Å². The third kappa shape index (κ3) is 4.71. The summed E-state index contributed by atoms with van der Waals surface area (Å²) in [6.45, 7) is 7.28. The first kappa shape index (κ1) is 19.5. The molecule has 27 heavy (non-hydrogen) atoms.